The molecule has 8 nitrogen and oxygen atoms in total. The molecule has 0 amide bonds. The van der Waals surface area contributed by atoms with Crippen molar-refractivity contribution in [2.45, 2.75) is 44.0 Å². The van der Waals surface area contributed by atoms with Crippen LogP contribution in [0.3, 0.4) is 0 Å². The number of Topliss-reactive ketones (excluding diaryl/α,β-unsaturated/α-hetero) is 1. The lowest BCUT2D eigenvalue weighted by atomic mass is 9.96. The summed E-state index contributed by atoms with van der Waals surface area (Å²) in [6.07, 6.45) is 1.35. The highest BCUT2D eigenvalue weighted by atomic mass is 32.2. The first-order chi connectivity index (χ1) is 20.2. The van der Waals surface area contributed by atoms with Crippen molar-refractivity contribution in [3.63, 3.8) is 0 Å². The number of anilines is 2. The Hall–Kier alpha value is -4.63. The minimum Gasteiger partial charge on any atom is -0.497 e. The summed E-state index contributed by atoms with van der Waals surface area (Å²) in [5.41, 5.74) is 3.89. The van der Waals surface area contributed by atoms with Crippen molar-refractivity contribution in [1.82, 2.24) is 5.16 Å². The third-order valence-corrected chi connectivity index (χ3v) is 8.42. The molecule has 1 unspecified atom stereocenters. The number of rotatable bonds is 12. The number of hydrogen-bond donors (Lipinski definition) is 2. The van der Waals surface area contributed by atoms with Gasteiger partial charge in [-0.1, -0.05) is 59.3 Å². The van der Waals surface area contributed by atoms with Gasteiger partial charge in [0, 0.05) is 24.6 Å². The van der Waals surface area contributed by atoms with Crippen LogP contribution in [-0.2, 0) is 21.2 Å². The number of ether oxygens (including phenoxy) is 1. The normalized spacial score (nSPS) is 12.2. The predicted molar refractivity (Wildman–Crippen MR) is 164 cm³/mol. The zero-order chi connectivity index (χ0) is 29.7. The molecule has 4 aromatic carbocycles. The lowest BCUT2D eigenvalue weighted by Crippen LogP contribution is -2.17. The summed E-state index contributed by atoms with van der Waals surface area (Å²) in [5.74, 6) is 1.57. The summed E-state index contributed by atoms with van der Waals surface area (Å²) in [7, 11) is -2.18. The molecule has 1 heterocycles. The number of hydrogen-bond acceptors (Lipinski definition) is 7. The number of ketones is 1. The molecule has 0 fully saturated rings. The van der Waals surface area contributed by atoms with E-state index in [1.165, 1.54) is 18.2 Å². The average Bonchev–Trinajstić information content (AvgIpc) is 3.39. The molecule has 0 radical (unpaired) electrons. The van der Waals surface area contributed by atoms with Crippen molar-refractivity contribution in [1.29, 1.82) is 0 Å². The van der Waals surface area contributed by atoms with Crippen molar-refractivity contribution in [3.05, 3.63) is 113 Å². The van der Waals surface area contributed by atoms with E-state index in [4.69, 9.17) is 9.26 Å². The number of benzene rings is 4. The Bertz CT molecular complexity index is 1810. The highest BCUT2D eigenvalue weighted by Gasteiger charge is 2.19. The van der Waals surface area contributed by atoms with Gasteiger partial charge in [-0.15, -0.1) is 0 Å². The Morgan fingerprint density at radius 3 is 2.40 bits per heavy atom. The summed E-state index contributed by atoms with van der Waals surface area (Å²) in [6.45, 7) is 3.70. The summed E-state index contributed by atoms with van der Waals surface area (Å²) in [6, 6.07) is 27.9. The van der Waals surface area contributed by atoms with Gasteiger partial charge < -0.3 is 14.6 Å². The summed E-state index contributed by atoms with van der Waals surface area (Å²) >= 11 is 0. The molecule has 5 rings (SSSR count). The number of aryl methyl sites for hydroxylation is 3. The zero-order valence-electron chi connectivity index (χ0n) is 23.8. The maximum Gasteiger partial charge on any atom is 0.263 e. The van der Waals surface area contributed by atoms with Gasteiger partial charge in [0.05, 0.1) is 18.0 Å². The van der Waals surface area contributed by atoms with Crippen LogP contribution in [0.25, 0.3) is 10.8 Å². The molecule has 1 aromatic heterocycles. The van der Waals surface area contributed by atoms with E-state index in [2.05, 4.69) is 39.5 Å². The molecule has 0 aliphatic heterocycles. The van der Waals surface area contributed by atoms with E-state index >= 15 is 0 Å². The second-order valence-electron chi connectivity index (χ2n) is 10.4. The van der Waals surface area contributed by atoms with Crippen LogP contribution < -0.4 is 14.8 Å². The maximum atomic E-state index is 13.2. The second kappa shape index (κ2) is 12.5. The monoisotopic (exact) mass is 583 g/mol. The molecule has 42 heavy (non-hydrogen) atoms. The second-order valence-corrected chi connectivity index (χ2v) is 12.0. The molecule has 2 N–H and O–H groups in total. The number of sulfonamides is 1. The van der Waals surface area contributed by atoms with E-state index in [0.717, 1.165) is 33.2 Å². The molecule has 0 spiro atoms. The van der Waals surface area contributed by atoms with Gasteiger partial charge in [-0.25, -0.2) is 8.42 Å². The van der Waals surface area contributed by atoms with Gasteiger partial charge in [-0.3, -0.25) is 9.52 Å². The SMILES string of the molecule is COc1ccc2cc(CCC(=O)CC(Nc3ccc(S(=O)(=O)Nc4cc(C)on4)cc3)c3cccc(C)c3)ccc2c1. The first-order valence-corrected chi connectivity index (χ1v) is 15.1. The molecule has 0 bridgehead atoms. The van der Waals surface area contributed by atoms with Crippen molar-refractivity contribution >= 4 is 38.1 Å². The fraction of sp³-hybridized carbons (Fsp3) is 0.212. The predicted octanol–water partition coefficient (Wildman–Crippen LogP) is 7.00. The molecule has 1 atom stereocenters. The van der Waals surface area contributed by atoms with Gasteiger partial charge >= 0.3 is 0 Å². The Morgan fingerprint density at radius 2 is 1.69 bits per heavy atom. The summed E-state index contributed by atoms with van der Waals surface area (Å²) in [4.78, 5) is 13.3. The van der Waals surface area contributed by atoms with Gasteiger partial charge in [0.2, 0.25) is 0 Å². The first-order valence-electron chi connectivity index (χ1n) is 13.7. The van der Waals surface area contributed by atoms with Crippen LogP contribution in [0.5, 0.6) is 5.75 Å². The number of nitrogens with one attached hydrogen (secondary N) is 2. The van der Waals surface area contributed by atoms with Gasteiger partial charge in [-0.2, -0.15) is 0 Å². The molecule has 216 valence electrons. The Kier molecular flexibility index (Phi) is 8.59. The van der Waals surface area contributed by atoms with Crippen LogP contribution in [0.4, 0.5) is 11.5 Å². The van der Waals surface area contributed by atoms with E-state index in [0.29, 0.717) is 30.7 Å². The molecular formula is C33H33N3O5S. The van der Waals surface area contributed by atoms with Crippen molar-refractivity contribution in [2.24, 2.45) is 0 Å². The van der Waals surface area contributed by atoms with Crippen molar-refractivity contribution < 1.29 is 22.5 Å². The Labute approximate surface area is 245 Å². The number of aromatic nitrogens is 1. The standard InChI is InChI=1S/C33H33N3O5S/c1-22-5-4-6-27(17-22)32(21-29(37)13-8-24-7-9-26-20-30(40-3)14-10-25(26)19-24)34-28-11-15-31(16-12-28)42(38,39)36-33-18-23(2)41-35-33/h4-7,9-12,14-20,32,34H,8,13,21H2,1-3H3,(H,35,36). The van der Waals surface area contributed by atoms with E-state index < -0.39 is 10.0 Å². The average molecular weight is 584 g/mol. The molecule has 0 saturated heterocycles. The van der Waals surface area contributed by atoms with E-state index in [1.807, 2.05) is 43.3 Å². The summed E-state index contributed by atoms with van der Waals surface area (Å²) in [5, 5.41) is 9.34. The van der Waals surface area contributed by atoms with Crippen LogP contribution in [0.15, 0.2) is 100 Å². The largest absolute Gasteiger partial charge is 0.497 e. The topological polar surface area (TPSA) is 111 Å². The third-order valence-electron chi connectivity index (χ3n) is 7.05. The minimum absolute atomic E-state index is 0.0886. The van der Waals surface area contributed by atoms with Gasteiger partial charge in [0.25, 0.3) is 10.0 Å². The molecular weight excluding hydrogens is 550 g/mol. The van der Waals surface area contributed by atoms with E-state index in [-0.39, 0.29) is 22.5 Å². The third kappa shape index (κ3) is 7.16. The van der Waals surface area contributed by atoms with Crippen LogP contribution in [0.1, 0.15) is 41.3 Å². The van der Waals surface area contributed by atoms with Crippen molar-refractivity contribution in [2.75, 3.05) is 17.1 Å². The van der Waals surface area contributed by atoms with Gasteiger partial charge in [-0.05, 0) is 78.6 Å². The molecule has 9 heteroatoms. The lowest BCUT2D eigenvalue weighted by Gasteiger charge is -2.21. The van der Waals surface area contributed by atoms with Gasteiger partial charge in [0.1, 0.15) is 17.3 Å². The van der Waals surface area contributed by atoms with E-state index in [9.17, 15) is 13.2 Å². The number of carbonyl (C=O) groups is 1. The lowest BCUT2D eigenvalue weighted by molar-refractivity contribution is -0.119. The van der Waals surface area contributed by atoms with Crippen LogP contribution in [-0.4, -0.2) is 26.5 Å². The minimum atomic E-state index is -3.83. The summed E-state index contributed by atoms with van der Waals surface area (Å²) < 4.78 is 38.2. The maximum absolute atomic E-state index is 13.2. The molecule has 0 aliphatic carbocycles. The highest BCUT2D eigenvalue weighted by molar-refractivity contribution is 7.92. The quantitative estimate of drug-likeness (QED) is 0.163. The fourth-order valence-electron chi connectivity index (χ4n) is 4.85. The zero-order valence-corrected chi connectivity index (χ0v) is 24.6. The number of fused-ring (bicyclic) bond motifs is 1. The number of carbonyl (C=O) groups excluding carboxylic acids is 1. The molecule has 0 saturated carbocycles. The molecule has 5 aromatic rings. The molecule has 0 aliphatic rings. The highest BCUT2D eigenvalue weighted by Crippen LogP contribution is 2.27. The van der Waals surface area contributed by atoms with Crippen LogP contribution in [0.2, 0.25) is 0 Å². The number of methoxy groups -OCH3 is 1. The first kappa shape index (κ1) is 28.9. The fourth-order valence-corrected chi connectivity index (χ4v) is 5.83. The smallest absolute Gasteiger partial charge is 0.263 e. The Morgan fingerprint density at radius 1 is 0.929 bits per heavy atom. The van der Waals surface area contributed by atoms with Gasteiger partial charge in [0.15, 0.2) is 5.82 Å². The van der Waals surface area contributed by atoms with Crippen LogP contribution in [0, 0.1) is 13.8 Å². The number of nitrogens with zero attached hydrogens (tertiary/aromatic N) is 1. The van der Waals surface area contributed by atoms with E-state index in [1.54, 1.807) is 26.2 Å². The van der Waals surface area contributed by atoms with Crippen molar-refractivity contribution in [3.8, 4) is 5.75 Å². The van der Waals surface area contributed by atoms with Crippen LogP contribution >= 0.6 is 0 Å². The Balaban J connectivity index is 1.27.